The van der Waals surface area contributed by atoms with Gasteiger partial charge in [0.05, 0.1) is 6.54 Å². The maximum atomic E-state index is 11.7. The molecule has 2 N–H and O–H groups in total. The maximum absolute atomic E-state index is 11.7. The number of amides is 1. The molecule has 23 heavy (non-hydrogen) atoms. The van der Waals surface area contributed by atoms with Crippen LogP contribution in [0.15, 0.2) is 34.9 Å². The van der Waals surface area contributed by atoms with E-state index in [4.69, 9.17) is 9.26 Å². The van der Waals surface area contributed by atoms with Crippen molar-refractivity contribution in [2.24, 2.45) is 0 Å². The number of benzene rings is 1. The lowest BCUT2D eigenvalue weighted by molar-refractivity contribution is 0.125. The highest BCUT2D eigenvalue weighted by Gasteiger charge is 2.30. The van der Waals surface area contributed by atoms with Gasteiger partial charge < -0.3 is 19.9 Å². The highest BCUT2D eigenvalue weighted by molar-refractivity contribution is 5.67. The van der Waals surface area contributed by atoms with E-state index >= 15 is 0 Å². The molecule has 0 spiro atoms. The number of hydrogen-bond acceptors (Lipinski definition) is 6. The van der Waals surface area contributed by atoms with Gasteiger partial charge in [-0.1, -0.05) is 35.5 Å². The van der Waals surface area contributed by atoms with Crippen LogP contribution < -0.4 is 10.6 Å². The van der Waals surface area contributed by atoms with Crippen molar-refractivity contribution < 1.29 is 14.1 Å². The van der Waals surface area contributed by atoms with Gasteiger partial charge in [0.2, 0.25) is 5.89 Å². The van der Waals surface area contributed by atoms with Crippen molar-refractivity contribution in [1.29, 1.82) is 0 Å². The third-order valence-corrected chi connectivity index (χ3v) is 3.78. The zero-order valence-electron chi connectivity index (χ0n) is 13.0. The van der Waals surface area contributed by atoms with Crippen LogP contribution in [0, 0.1) is 6.92 Å². The molecule has 122 valence electrons. The Kier molecular flexibility index (Phi) is 4.87. The van der Waals surface area contributed by atoms with Crippen LogP contribution in [0.3, 0.4) is 0 Å². The minimum Gasteiger partial charge on any atom is -0.445 e. The van der Waals surface area contributed by atoms with Gasteiger partial charge in [-0.2, -0.15) is 4.98 Å². The van der Waals surface area contributed by atoms with E-state index in [1.54, 1.807) is 6.92 Å². The summed E-state index contributed by atoms with van der Waals surface area (Å²) in [6.07, 6.45) is 1.37. The first-order chi connectivity index (χ1) is 11.2. The van der Waals surface area contributed by atoms with E-state index in [-0.39, 0.29) is 18.7 Å². The molecule has 1 aliphatic rings. The number of carbonyl (C=O) groups excluding carboxylic acids is 1. The lowest BCUT2D eigenvalue weighted by Crippen LogP contribution is -2.52. The number of alkyl carbamates (subject to hydrolysis) is 1. The first-order valence-corrected chi connectivity index (χ1v) is 7.69. The number of aryl methyl sites for hydroxylation is 1. The van der Waals surface area contributed by atoms with Crippen molar-refractivity contribution in [3.63, 3.8) is 0 Å². The molecule has 1 aromatic heterocycles. The van der Waals surface area contributed by atoms with Gasteiger partial charge in [-0.05, 0) is 25.3 Å². The molecule has 0 radical (unpaired) electrons. The van der Waals surface area contributed by atoms with E-state index in [1.165, 1.54) is 0 Å². The van der Waals surface area contributed by atoms with E-state index in [0.29, 0.717) is 24.3 Å². The van der Waals surface area contributed by atoms with Gasteiger partial charge in [-0.3, -0.25) is 0 Å². The lowest BCUT2D eigenvalue weighted by Gasteiger charge is -2.35. The van der Waals surface area contributed by atoms with Crippen LogP contribution in [0.2, 0.25) is 0 Å². The molecule has 1 fully saturated rings. The molecular formula is C16H20N4O3. The molecule has 1 aromatic carbocycles. The number of aromatic nitrogens is 2. The molecule has 0 unspecified atom stereocenters. The fourth-order valence-electron chi connectivity index (χ4n) is 2.48. The average molecular weight is 316 g/mol. The predicted molar refractivity (Wildman–Crippen MR) is 82.4 cm³/mol. The highest BCUT2D eigenvalue weighted by atomic mass is 16.5. The lowest BCUT2D eigenvalue weighted by atomic mass is 9.87. The molecule has 0 saturated heterocycles. The molecule has 7 nitrogen and oxygen atoms in total. The summed E-state index contributed by atoms with van der Waals surface area (Å²) in [5.74, 6) is 1.22. The first kappa shape index (κ1) is 15.5. The number of ether oxygens (including phenoxy) is 1. The van der Waals surface area contributed by atoms with Gasteiger partial charge in [0.1, 0.15) is 6.61 Å². The molecular weight excluding hydrogens is 296 g/mol. The monoisotopic (exact) mass is 316 g/mol. The Hall–Kier alpha value is -2.41. The van der Waals surface area contributed by atoms with Crippen LogP contribution in [0.4, 0.5) is 4.79 Å². The number of rotatable bonds is 6. The van der Waals surface area contributed by atoms with Crippen molar-refractivity contribution >= 4 is 6.09 Å². The van der Waals surface area contributed by atoms with Crippen molar-refractivity contribution in [2.45, 2.75) is 45.0 Å². The Morgan fingerprint density at radius 1 is 1.30 bits per heavy atom. The second kappa shape index (κ2) is 7.23. The van der Waals surface area contributed by atoms with Crippen LogP contribution in [0.5, 0.6) is 0 Å². The van der Waals surface area contributed by atoms with Gasteiger partial charge in [0.15, 0.2) is 5.82 Å². The van der Waals surface area contributed by atoms with E-state index in [0.717, 1.165) is 18.4 Å². The SMILES string of the molecule is Cc1noc(CNC2CC(NC(=O)OCc3ccccc3)C2)n1. The summed E-state index contributed by atoms with van der Waals surface area (Å²) in [5.41, 5.74) is 0.977. The predicted octanol–water partition coefficient (Wildman–Crippen LogP) is 1.93. The summed E-state index contributed by atoms with van der Waals surface area (Å²) < 4.78 is 10.2. The number of carbonyl (C=O) groups is 1. The summed E-state index contributed by atoms with van der Waals surface area (Å²) in [7, 11) is 0. The van der Waals surface area contributed by atoms with Crippen LogP contribution in [0.1, 0.15) is 30.1 Å². The van der Waals surface area contributed by atoms with Crippen molar-refractivity contribution in [2.75, 3.05) is 0 Å². The van der Waals surface area contributed by atoms with Gasteiger partial charge in [-0.25, -0.2) is 4.79 Å². The second-order valence-corrected chi connectivity index (χ2v) is 5.69. The second-order valence-electron chi connectivity index (χ2n) is 5.69. The Morgan fingerprint density at radius 3 is 2.78 bits per heavy atom. The Balaban J connectivity index is 1.30. The number of hydrogen-bond donors (Lipinski definition) is 2. The normalized spacial score (nSPS) is 19.9. The molecule has 1 amide bonds. The van der Waals surface area contributed by atoms with Crippen molar-refractivity contribution in [3.05, 3.63) is 47.6 Å². The van der Waals surface area contributed by atoms with E-state index < -0.39 is 0 Å². The van der Waals surface area contributed by atoms with Crippen LogP contribution in [-0.4, -0.2) is 28.3 Å². The minimum absolute atomic E-state index is 0.153. The molecule has 0 aliphatic heterocycles. The average Bonchev–Trinajstić information content (AvgIpc) is 2.94. The summed E-state index contributed by atoms with van der Waals surface area (Å²) in [6.45, 7) is 2.63. The Labute approximate surface area is 134 Å². The van der Waals surface area contributed by atoms with Gasteiger partial charge >= 0.3 is 6.09 Å². The third kappa shape index (κ3) is 4.53. The highest BCUT2D eigenvalue weighted by Crippen LogP contribution is 2.20. The molecule has 3 rings (SSSR count). The molecule has 1 aliphatic carbocycles. The van der Waals surface area contributed by atoms with Crippen LogP contribution in [0.25, 0.3) is 0 Å². The minimum atomic E-state index is -0.371. The number of nitrogens with zero attached hydrogens (tertiary/aromatic N) is 2. The Morgan fingerprint density at radius 2 is 2.09 bits per heavy atom. The molecule has 1 saturated carbocycles. The molecule has 0 bridgehead atoms. The molecule has 0 atom stereocenters. The van der Waals surface area contributed by atoms with Gasteiger partial charge in [-0.15, -0.1) is 0 Å². The Bertz CT molecular complexity index is 638. The fraction of sp³-hybridized carbons (Fsp3) is 0.438. The van der Waals surface area contributed by atoms with E-state index in [2.05, 4.69) is 20.8 Å². The zero-order valence-corrected chi connectivity index (χ0v) is 13.0. The third-order valence-electron chi connectivity index (χ3n) is 3.78. The summed E-state index contributed by atoms with van der Waals surface area (Å²) >= 11 is 0. The molecule has 1 heterocycles. The summed E-state index contributed by atoms with van der Waals surface area (Å²) in [6, 6.07) is 10.1. The summed E-state index contributed by atoms with van der Waals surface area (Å²) in [4.78, 5) is 15.9. The van der Waals surface area contributed by atoms with Crippen LogP contribution >= 0.6 is 0 Å². The standard InChI is InChI=1S/C16H20N4O3/c1-11-18-15(23-20-11)9-17-13-7-14(8-13)19-16(21)22-10-12-5-3-2-4-6-12/h2-6,13-14,17H,7-10H2,1H3,(H,19,21). The maximum Gasteiger partial charge on any atom is 0.407 e. The van der Waals surface area contributed by atoms with Crippen molar-refractivity contribution in [1.82, 2.24) is 20.8 Å². The topological polar surface area (TPSA) is 89.3 Å². The van der Waals surface area contributed by atoms with Crippen LogP contribution in [-0.2, 0) is 17.9 Å². The zero-order chi connectivity index (χ0) is 16.1. The molecule has 7 heteroatoms. The fourth-order valence-corrected chi connectivity index (χ4v) is 2.48. The largest absolute Gasteiger partial charge is 0.445 e. The van der Waals surface area contributed by atoms with Gasteiger partial charge in [0.25, 0.3) is 0 Å². The van der Waals surface area contributed by atoms with E-state index in [1.807, 2.05) is 30.3 Å². The molecule has 2 aromatic rings. The summed E-state index contributed by atoms with van der Waals surface area (Å²) in [5, 5.41) is 9.93. The smallest absolute Gasteiger partial charge is 0.407 e. The van der Waals surface area contributed by atoms with Gasteiger partial charge in [0, 0.05) is 12.1 Å². The first-order valence-electron chi connectivity index (χ1n) is 7.69. The quantitative estimate of drug-likeness (QED) is 0.846. The van der Waals surface area contributed by atoms with Crippen molar-refractivity contribution in [3.8, 4) is 0 Å². The van der Waals surface area contributed by atoms with E-state index in [9.17, 15) is 4.79 Å². The number of nitrogens with one attached hydrogen (secondary N) is 2.